The monoisotopic (exact) mass is 426 g/mol. The summed E-state index contributed by atoms with van der Waals surface area (Å²) in [6.07, 6.45) is 7.38. The van der Waals surface area contributed by atoms with Gasteiger partial charge in [0.1, 0.15) is 12.4 Å². The number of anilines is 1. The highest BCUT2D eigenvalue weighted by Gasteiger charge is 2.25. The zero-order chi connectivity index (χ0) is 20.8. The van der Waals surface area contributed by atoms with Crippen molar-refractivity contribution in [3.8, 4) is 0 Å². The molecule has 2 aromatic rings. The second kappa shape index (κ2) is 10.2. The van der Waals surface area contributed by atoms with E-state index in [4.69, 9.17) is 0 Å². The zero-order valence-corrected chi connectivity index (χ0v) is 18.2. The highest BCUT2D eigenvalue weighted by atomic mass is 32.2. The Morgan fingerprint density at radius 1 is 1.10 bits per heavy atom. The van der Waals surface area contributed by atoms with Crippen molar-refractivity contribution >= 4 is 29.4 Å². The molecule has 1 aromatic heterocycles. The number of thioether (sulfide) groups is 1. The first-order chi connectivity index (χ1) is 14.7. The van der Waals surface area contributed by atoms with Gasteiger partial charge in [-0.05, 0) is 24.3 Å². The average molecular weight is 427 g/mol. The van der Waals surface area contributed by atoms with Gasteiger partial charge in [-0.3, -0.25) is 9.59 Å². The molecule has 0 saturated heterocycles. The van der Waals surface area contributed by atoms with Gasteiger partial charge in [-0.1, -0.05) is 56.0 Å². The van der Waals surface area contributed by atoms with Crippen LogP contribution >= 0.6 is 11.8 Å². The SMILES string of the molecule is O=C(Cn1nc2c(c1NC(=O)CCC1CCCC1)CSC2)NCCc1ccccc1. The van der Waals surface area contributed by atoms with Gasteiger partial charge in [0.25, 0.3) is 0 Å². The Hall–Kier alpha value is -2.28. The summed E-state index contributed by atoms with van der Waals surface area (Å²) in [6.45, 7) is 0.716. The van der Waals surface area contributed by atoms with Crippen LogP contribution in [0.4, 0.5) is 5.82 Å². The third kappa shape index (κ3) is 5.45. The molecule has 30 heavy (non-hydrogen) atoms. The first-order valence-corrected chi connectivity index (χ1v) is 12.1. The summed E-state index contributed by atoms with van der Waals surface area (Å²) in [5.41, 5.74) is 3.26. The van der Waals surface area contributed by atoms with Gasteiger partial charge in [-0.25, -0.2) is 4.68 Å². The molecule has 2 amide bonds. The molecule has 7 heteroatoms. The Balaban J connectivity index is 1.32. The molecule has 2 heterocycles. The van der Waals surface area contributed by atoms with E-state index in [-0.39, 0.29) is 18.4 Å². The minimum Gasteiger partial charge on any atom is -0.354 e. The summed E-state index contributed by atoms with van der Waals surface area (Å²) >= 11 is 1.80. The minimum atomic E-state index is -0.0822. The molecule has 1 fully saturated rings. The van der Waals surface area contributed by atoms with Crippen LogP contribution in [0.1, 0.15) is 55.3 Å². The number of fused-ring (bicyclic) bond motifs is 1. The third-order valence-electron chi connectivity index (χ3n) is 6.00. The second-order valence-electron chi connectivity index (χ2n) is 8.25. The maximum Gasteiger partial charge on any atom is 0.241 e. The number of carbonyl (C=O) groups excluding carboxylic acids is 2. The van der Waals surface area contributed by atoms with Crippen LogP contribution < -0.4 is 10.6 Å². The fourth-order valence-electron chi connectivity index (χ4n) is 4.33. The molecule has 1 saturated carbocycles. The van der Waals surface area contributed by atoms with Crippen molar-refractivity contribution in [3.05, 3.63) is 47.2 Å². The van der Waals surface area contributed by atoms with E-state index in [9.17, 15) is 9.59 Å². The fraction of sp³-hybridized carbons (Fsp3) is 0.522. The molecular weight excluding hydrogens is 396 g/mol. The van der Waals surface area contributed by atoms with Gasteiger partial charge < -0.3 is 10.6 Å². The van der Waals surface area contributed by atoms with Crippen molar-refractivity contribution in [1.82, 2.24) is 15.1 Å². The average Bonchev–Trinajstić information content (AvgIpc) is 3.47. The molecule has 1 aliphatic carbocycles. The number of hydrogen-bond acceptors (Lipinski definition) is 4. The first kappa shape index (κ1) is 21.0. The number of hydrogen-bond donors (Lipinski definition) is 2. The van der Waals surface area contributed by atoms with Crippen LogP contribution in [-0.4, -0.2) is 28.1 Å². The van der Waals surface area contributed by atoms with Gasteiger partial charge in [0.2, 0.25) is 11.8 Å². The lowest BCUT2D eigenvalue weighted by Crippen LogP contribution is -2.30. The number of benzene rings is 1. The van der Waals surface area contributed by atoms with Crippen molar-refractivity contribution in [1.29, 1.82) is 0 Å². The van der Waals surface area contributed by atoms with Crippen molar-refractivity contribution in [2.24, 2.45) is 5.92 Å². The van der Waals surface area contributed by atoms with Gasteiger partial charge in [0, 0.05) is 30.0 Å². The van der Waals surface area contributed by atoms with Gasteiger partial charge in [-0.15, -0.1) is 0 Å². The molecule has 0 bridgehead atoms. The molecule has 6 nitrogen and oxygen atoms in total. The van der Waals surface area contributed by atoms with Crippen molar-refractivity contribution in [2.45, 2.75) is 63.0 Å². The molecule has 0 radical (unpaired) electrons. The summed E-state index contributed by atoms with van der Waals surface area (Å²) in [5.74, 6) is 3.03. The van der Waals surface area contributed by atoms with Crippen LogP contribution in [0.25, 0.3) is 0 Å². The number of carbonyl (C=O) groups is 2. The lowest BCUT2D eigenvalue weighted by molar-refractivity contribution is -0.122. The Morgan fingerprint density at radius 3 is 2.70 bits per heavy atom. The lowest BCUT2D eigenvalue weighted by Gasteiger charge is -2.12. The van der Waals surface area contributed by atoms with E-state index in [2.05, 4.69) is 27.9 Å². The maximum atomic E-state index is 12.6. The maximum absolute atomic E-state index is 12.6. The molecule has 1 aliphatic heterocycles. The van der Waals surface area contributed by atoms with Crippen molar-refractivity contribution < 1.29 is 9.59 Å². The molecular formula is C23H30N4O2S. The van der Waals surface area contributed by atoms with Crippen molar-refractivity contribution in [3.63, 3.8) is 0 Å². The van der Waals surface area contributed by atoms with Crippen LogP contribution in [0, 0.1) is 5.92 Å². The van der Waals surface area contributed by atoms with E-state index in [1.165, 1.54) is 31.2 Å². The Bertz CT molecular complexity index is 875. The standard InChI is InChI=1S/C23H30N4O2S/c28-21(11-10-17-8-4-5-9-17)25-23-19-15-30-16-20(19)26-27(23)14-22(29)24-13-12-18-6-2-1-3-7-18/h1-3,6-7,17H,4-5,8-16H2,(H,24,29)(H,25,28). The molecule has 160 valence electrons. The van der Waals surface area contributed by atoms with E-state index in [0.29, 0.717) is 24.7 Å². The van der Waals surface area contributed by atoms with Crippen LogP contribution in [0.2, 0.25) is 0 Å². The number of aromatic nitrogens is 2. The number of nitrogens with one attached hydrogen (secondary N) is 2. The largest absolute Gasteiger partial charge is 0.354 e. The van der Waals surface area contributed by atoms with Gasteiger partial charge in [0.15, 0.2) is 0 Å². The van der Waals surface area contributed by atoms with Crippen molar-refractivity contribution in [2.75, 3.05) is 11.9 Å². The molecule has 4 rings (SSSR count). The Morgan fingerprint density at radius 2 is 1.90 bits per heavy atom. The van der Waals surface area contributed by atoms with E-state index in [0.717, 1.165) is 35.6 Å². The summed E-state index contributed by atoms with van der Waals surface area (Å²) in [7, 11) is 0. The summed E-state index contributed by atoms with van der Waals surface area (Å²) < 4.78 is 1.68. The lowest BCUT2D eigenvalue weighted by atomic mass is 10.0. The summed E-state index contributed by atoms with van der Waals surface area (Å²) in [4.78, 5) is 25.1. The van der Waals surface area contributed by atoms with Gasteiger partial charge >= 0.3 is 0 Å². The first-order valence-electron chi connectivity index (χ1n) is 11.0. The quantitative estimate of drug-likeness (QED) is 0.638. The molecule has 0 atom stereocenters. The predicted octanol–water partition coefficient (Wildman–Crippen LogP) is 3.90. The molecule has 0 spiro atoms. The Labute approximate surface area is 182 Å². The third-order valence-corrected chi connectivity index (χ3v) is 6.97. The van der Waals surface area contributed by atoms with Gasteiger partial charge in [-0.2, -0.15) is 16.9 Å². The second-order valence-corrected chi connectivity index (χ2v) is 9.23. The smallest absolute Gasteiger partial charge is 0.241 e. The highest BCUT2D eigenvalue weighted by molar-refractivity contribution is 7.98. The van der Waals surface area contributed by atoms with Crippen LogP contribution in [0.5, 0.6) is 0 Å². The number of rotatable bonds is 9. The highest BCUT2D eigenvalue weighted by Crippen LogP contribution is 2.35. The van der Waals surface area contributed by atoms with E-state index in [1.54, 1.807) is 16.4 Å². The Kier molecular flexibility index (Phi) is 7.10. The predicted molar refractivity (Wildman–Crippen MR) is 120 cm³/mol. The molecule has 1 aromatic carbocycles. The van der Waals surface area contributed by atoms with Crippen LogP contribution in [-0.2, 0) is 34.1 Å². The summed E-state index contributed by atoms with van der Waals surface area (Å²) in [6, 6.07) is 10.1. The topological polar surface area (TPSA) is 76.0 Å². The molecule has 2 aliphatic rings. The zero-order valence-electron chi connectivity index (χ0n) is 17.4. The molecule has 0 unspecified atom stereocenters. The fourth-order valence-corrected chi connectivity index (χ4v) is 5.37. The van der Waals surface area contributed by atoms with Gasteiger partial charge in [0.05, 0.1) is 5.69 Å². The van der Waals surface area contributed by atoms with E-state index in [1.807, 2.05) is 18.2 Å². The molecule has 2 N–H and O–H groups in total. The van der Waals surface area contributed by atoms with E-state index < -0.39 is 0 Å². The normalized spacial score (nSPS) is 15.9. The van der Waals surface area contributed by atoms with Crippen LogP contribution in [0.15, 0.2) is 30.3 Å². The van der Waals surface area contributed by atoms with E-state index >= 15 is 0 Å². The minimum absolute atomic E-state index is 0.0345. The summed E-state index contributed by atoms with van der Waals surface area (Å²) in [5, 5.41) is 10.6. The van der Waals surface area contributed by atoms with Crippen LogP contribution in [0.3, 0.4) is 0 Å². The number of nitrogens with zero attached hydrogens (tertiary/aromatic N) is 2. The number of amides is 2.